The average molecular weight is 288 g/mol. The Balaban J connectivity index is 2.26. The van der Waals surface area contributed by atoms with Gasteiger partial charge < -0.3 is 4.90 Å². The highest BCUT2D eigenvalue weighted by atomic mass is 32.2. The first-order chi connectivity index (χ1) is 9.47. The number of hydrogen-bond acceptors (Lipinski definition) is 3. The lowest BCUT2D eigenvalue weighted by atomic mass is 9.80. The lowest BCUT2D eigenvalue weighted by molar-refractivity contribution is 0.263. The van der Waals surface area contributed by atoms with Gasteiger partial charge in [0.15, 0.2) is 0 Å². The molecule has 1 atom stereocenters. The predicted molar refractivity (Wildman–Crippen MR) is 87.3 cm³/mol. The molecule has 1 unspecified atom stereocenters. The SMILES string of the molecule is CCSc1cccc(N2CCC(C(C)(C)C)C2)c1C#N. The van der Waals surface area contributed by atoms with Gasteiger partial charge in [-0.15, -0.1) is 11.8 Å². The van der Waals surface area contributed by atoms with Crippen LogP contribution in [0.25, 0.3) is 0 Å². The van der Waals surface area contributed by atoms with Gasteiger partial charge in [-0.1, -0.05) is 33.8 Å². The van der Waals surface area contributed by atoms with Crippen LogP contribution in [0.3, 0.4) is 0 Å². The van der Waals surface area contributed by atoms with E-state index < -0.39 is 0 Å². The molecule has 0 saturated carbocycles. The van der Waals surface area contributed by atoms with Gasteiger partial charge in [-0.25, -0.2) is 0 Å². The molecule has 0 spiro atoms. The van der Waals surface area contributed by atoms with Crippen LogP contribution in [0.2, 0.25) is 0 Å². The number of rotatable bonds is 3. The van der Waals surface area contributed by atoms with Crippen molar-refractivity contribution in [1.29, 1.82) is 5.26 Å². The van der Waals surface area contributed by atoms with Crippen molar-refractivity contribution in [1.82, 2.24) is 0 Å². The van der Waals surface area contributed by atoms with Crippen LogP contribution in [-0.2, 0) is 0 Å². The lowest BCUT2D eigenvalue weighted by Gasteiger charge is -2.28. The maximum atomic E-state index is 9.52. The van der Waals surface area contributed by atoms with Crippen LogP contribution in [0, 0.1) is 22.7 Å². The molecular formula is C17H24N2S. The topological polar surface area (TPSA) is 27.0 Å². The molecule has 20 heavy (non-hydrogen) atoms. The minimum absolute atomic E-state index is 0.345. The van der Waals surface area contributed by atoms with Crippen molar-refractivity contribution in [2.24, 2.45) is 11.3 Å². The Morgan fingerprint density at radius 1 is 1.40 bits per heavy atom. The molecule has 1 heterocycles. The zero-order valence-electron chi connectivity index (χ0n) is 12.9. The van der Waals surface area contributed by atoms with Gasteiger partial charge in [0.1, 0.15) is 6.07 Å². The quantitative estimate of drug-likeness (QED) is 0.764. The Bertz CT molecular complexity index is 511. The van der Waals surface area contributed by atoms with Gasteiger partial charge >= 0.3 is 0 Å². The first-order valence-electron chi connectivity index (χ1n) is 7.38. The molecule has 2 nitrogen and oxygen atoms in total. The minimum atomic E-state index is 0.345. The molecule has 0 aromatic heterocycles. The van der Waals surface area contributed by atoms with E-state index in [1.165, 1.54) is 6.42 Å². The van der Waals surface area contributed by atoms with E-state index in [0.717, 1.165) is 35.0 Å². The average Bonchev–Trinajstić information content (AvgIpc) is 2.88. The molecule has 0 N–H and O–H groups in total. The summed E-state index contributed by atoms with van der Waals surface area (Å²) < 4.78 is 0. The Morgan fingerprint density at radius 2 is 2.15 bits per heavy atom. The molecule has 1 fully saturated rings. The minimum Gasteiger partial charge on any atom is -0.370 e. The van der Waals surface area contributed by atoms with Crippen molar-refractivity contribution < 1.29 is 0 Å². The zero-order valence-corrected chi connectivity index (χ0v) is 13.8. The smallest absolute Gasteiger partial charge is 0.103 e. The summed E-state index contributed by atoms with van der Waals surface area (Å²) in [6, 6.07) is 8.66. The van der Waals surface area contributed by atoms with Crippen LogP contribution < -0.4 is 4.90 Å². The molecule has 0 aliphatic carbocycles. The molecular weight excluding hydrogens is 264 g/mol. The molecule has 0 radical (unpaired) electrons. The van der Waals surface area contributed by atoms with Crippen molar-refractivity contribution in [3.63, 3.8) is 0 Å². The molecule has 1 aromatic rings. The van der Waals surface area contributed by atoms with Crippen LogP contribution in [0.15, 0.2) is 23.1 Å². The summed E-state index contributed by atoms with van der Waals surface area (Å²) in [7, 11) is 0. The van der Waals surface area contributed by atoms with Crippen molar-refractivity contribution in [3.8, 4) is 6.07 Å². The highest BCUT2D eigenvalue weighted by Gasteiger charge is 2.32. The zero-order chi connectivity index (χ0) is 14.8. The van der Waals surface area contributed by atoms with Crippen LogP contribution in [0.1, 0.15) is 39.7 Å². The van der Waals surface area contributed by atoms with E-state index in [0.29, 0.717) is 11.3 Å². The van der Waals surface area contributed by atoms with E-state index in [-0.39, 0.29) is 0 Å². The fourth-order valence-corrected chi connectivity index (χ4v) is 3.64. The van der Waals surface area contributed by atoms with E-state index in [1.807, 2.05) is 0 Å². The summed E-state index contributed by atoms with van der Waals surface area (Å²) in [5.41, 5.74) is 2.32. The van der Waals surface area contributed by atoms with E-state index >= 15 is 0 Å². The summed E-state index contributed by atoms with van der Waals surface area (Å²) in [4.78, 5) is 3.51. The number of nitriles is 1. The first-order valence-corrected chi connectivity index (χ1v) is 8.36. The predicted octanol–water partition coefficient (Wildman–Crippen LogP) is 4.54. The number of nitrogens with zero attached hydrogens (tertiary/aromatic N) is 2. The summed E-state index contributed by atoms with van der Waals surface area (Å²) in [6.45, 7) is 11.2. The Kier molecular flexibility index (Phi) is 4.65. The van der Waals surface area contributed by atoms with Crippen molar-refractivity contribution in [2.75, 3.05) is 23.7 Å². The second kappa shape index (κ2) is 6.10. The van der Waals surface area contributed by atoms with Gasteiger partial charge in [-0.3, -0.25) is 0 Å². The largest absolute Gasteiger partial charge is 0.370 e. The molecule has 108 valence electrons. The highest BCUT2D eigenvalue weighted by molar-refractivity contribution is 7.99. The molecule has 1 aromatic carbocycles. The normalized spacial score (nSPS) is 19.1. The van der Waals surface area contributed by atoms with Crippen LogP contribution >= 0.6 is 11.8 Å². The molecule has 0 bridgehead atoms. The molecule has 3 heteroatoms. The van der Waals surface area contributed by atoms with Crippen molar-refractivity contribution in [3.05, 3.63) is 23.8 Å². The van der Waals surface area contributed by atoms with Gasteiger partial charge in [-0.05, 0) is 35.6 Å². The fourth-order valence-electron chi connectivity index (χ4n) is 2.86. The van der Waals surface area contributed by atoms with Crippen LogP contribution in [0.5, 0.6) is 0 Å². The summed E-state index contributed by atoms with van der Waals surface area (Å²) >= 11 is 1.76. The Morgan fingerprint density at radius 3 is 2.70 bits per heavy atom. The molecule has 0 amide bonds. The third-order valence-electron chi connectivity index (χ3n) is 4.17. The monoisotopic (exact) mass is 288 g/mol. The second-order valence-corrected chi connectivity index (χ2v) is 7.80. The van der Waals surface area contributed by atoms with E-state index in [1.54, 1.807) is 11.8 Å². The van der Waals surface area contributed by atoms with E-state index in [9.17, 15) is 5.26 Å². The number of thioether (sulfide) groups is 1. The molecule has 2 rings (SSSR count). The maximum absolute atomic E-state index is 9.52. The van der Waals surface area contributed by atoms with Gasteiger partial charge in [0.2, 0.25) is 0 Å². The third kappa shape index (κ3) is 3.12. The highest BCUT2D eigenvalue weighted by Crippen LogP contribution is 2.38. The van der Waals surface area contributed by atoms with Crippen molar-refractivity contribution >= 4 is 17.4 Å². The maximum Gasteiger partial charge on any atom is 0.103 e. The van der Waals surface area contributed by atoms with Gasteiger partial charge in [0.05, 0.1) is 11.3 Å². The number of benzene rings is 1. The van der Waals surface area contributed by atoms with Gasteiger partial charge in [0, 0.05) is 18.0 Å². The Labute approximate surface area is 127 Å². The first kappa shape index (κ1) is 15.3. The lowest BCUT2D eigenvalue weighted by Crippen LogP contribution is -2.26. The van der Waals surface area contributed by atoms with E-state index in [2.05, 4.69) is 56.9 Å². The molecule has 1 saturated heterocycles. The number of anilines is 1. The van der Waals surface area contributed by atoms with Gasteiger partial charge in [0.25, 0.3) is 0 Å². The summed E-state index contributed by atoms with van der Waals surface area (Å²) in [5.74, 6) is 1.71. The van der Waals surface area contributed by atoms with Crippen LogP contribution in [0.4, 0.5) is 5.69 Å². The van der Waals surface area contributed by atoms with Gasteiger partial charge in [-0.2, -0.15) is 5.26 Å². The van der Waals surface area contributed by atoms with Crippen molar-refractivity contribution in [2.45, 2.75) is 39.0 Å². The number of hydrogen-bond donors (Lipinski definition) is 0. The van der Waals surface area contributed by atoms with E-state index in [4.69, 9.17) is 0 Å². The molecule has 1 aliphatic heterocycles. The van der Waals surface area contributed by atoms with Crippen LogP contribution in [-0.4, -0.2) is 18.8 Å². The third-order valence-corrected chi connectivity index (χ3v) is 5.11. The summed E-state index contributed by atoms with van der Waals surface area (Å²) in [5, 5.41) is 9.52. The molecule has 1 aliphatic rings. The standard InChI is InChI=1S/C17H24N2S/c1-5-20-16-8-6-7-15(14(16)11-18)19-10-9-13(12-19)17(2,3)4/h6-8,13H,5,9-10,12H2,1-4H3. The fraction of sp³-hybridized carbons (Fsp3) is 0.588. The Hall–Kier alpha value is -1.14. The second-order valence-electron chi connectivity index (χ2n) is 6.49. The summed E-state index contributed by atoms with van der Waals surface area (Å²) in [6.07, 6.45) is 1.22.